The molecule has 0 aliphatic carbocycles. The summed E-state index contributed by atoms with van der Waals surface area (Å²) in [4.78, 5) is 0. The van der Waals surface area contributed by atoms with E-state index in [0.717, 1.165) is 78.7 Å². The molecule has 0 radical (unpaired) electrons. The molecule has 2 heterocycles. The lowest BCUT2D eigenvalue weighted by Crippen LogP contribution is -2.03. The Morgan fingerprint density at radius 2 is 1.05 bits per heavy atom. The van der Waals surface area contributed by atoms with E-state index in [4.69, 9.17) is 28.1 Å². The molecule has 1 aliphatic rings. The van der Waals surface area contributed by atoms with Gasteiger partial charge in [-0.2, -0.15) is 0 Å². The molecule has 6 heteroatoms. The molecule has 1 aromatic heterocycles. The SMILES string of the molecule is COc1ccc2c(c1)Oc1cc(OC)ccc1C2=C/C=C/c1c2ccc(OC)cc2[o+]c2cc(OC)ccc12. The number of hydrogen-bond acceptors (Lipinski definition) is 5. The zero-order valence-electron chi connectivity index (χ0n) is 22.1. The Bertz CT molecular complexity index is 1670. The Kier molecular flexibility index (Phi) is 6.29. The third-order valence-corrected chi connectivity index (χ3v) is 6.88. The van der Waals surface area contributed by atoms with E-state index in [0.29, 0.717) is 0 Å². The maximum absolute atomic E-state index is 6.26. The van der Waals surface area contributed by atoms with Gasteiger partial charge < -0.3 is 23.7 Å². The molecule has 0 spiro atoms. The second-order valence-electron chi connectivity index (χ2n) is 9.01. The molecule has 6 nitrogen and oxygen atoms in total. The van der Waals surface area contributed by atoms with Crippen LogP contribution in [0.15, 0.2) is 89.4 Å². The van der Waals surface area contributed by atoms with Crippen molar-refractivity contribution in [1.82, 2.24) is 0 Å². The maximum Gasteiger partial charge on any atom is 0.365 e. The number of fused-ring (bicyclic) bond motifs is 4. The minimum absolute atomic E-state index is 0.725. The van der Waals surface area contributed by atoms with Gasteiger partial charge in [-0.25, -0.2) is 4.42 Å². The predicted molar refractivity (Wildman–Crippen MR) is 153 cm³/mol. The van der Waals surface area contributed by atoms with Gasteiger partial charge in [0.2, 0.25) is 0 Å². The van der Waals surface area contributed by atoms with Crippen molar-refractivity contribution in [1.29, 1.82) is 0 Å². The van der Waals surface area contributed by atoms with Crippen molar-refractivity contribution in [2.45, 2.75) is 0 Å². The first-order valence-corrected chi connectivity index (χ1v) is 12.5. The van der Waals surface area contributed by atoms with Crippen LogP contribution in [0, 0.1) is 0 Å². The molecule has 5 aromatic rings. The highest BCUT2D eigenvalue weighted by molar-refractivity contribution is 6.02. The minimum atomic E-state index is 0.725. The van der Waals surface area contributed by atoms with Crippen LogP contribution in [-0.2, 0) is 0 Å². The van der Waals surface area contributed by atoms with Gasteiger partial charge in [0.25, 0.3) is 0 Å². The fraction of sp³-hybridized carbons (Fsp3) is 0.121. The van der Waals surface area contributed by atoms with Gasteiger partial charge in [-0.1, -0.05) is 18.2 Å². The Morgan fingerprint density at radius 1 is 0.590 bits per heavy atom. The Hall–Kier alpha value is -4.97. The fourth-order valence-electron chi connectivity index (χ4n) is 4.87. The van der Waals surface area contributed by atoms with Crippen molar-refractivity contribution in [3.63, 3.8) is 0 Å². The molecule has 1 aliphatic heterocycles. The van der Waals surface area contributed by atoms with Crippen molar-refractivity contribution in [3.8, 4) is 34.5 Å². The highest BCUT2D eigenvalue weighted by Crippen LogP contribution is 2.46. The smallest absolute Gasteiger partial charge is 0.365 e. The Morgan fingerprint density at radius 3 is 1.54 bits per heavy atom. The number of hydrogen-bond donors (Lipinski definition) is 0. The lowest BCUT2D eigenvalue weighted by Gasteiger charge is -2.23. The molecule has 0 bridgehead atoms. The molecule has 0 fully saturated rings. The predicted octanol–water partition coefficient (Wildman–Crippen LogP) is 8.15. The molecule has 39 heavy (non-hydrogen) atoms. The van der Waals surface area contributed by atoms with Crippen LogP contribution in [0.2, 0.25) is 0 Å². The lowest BCUT2D eigenvalue weighted by molar-refractivity contribution is 0.402. The van der Waals surface area contributed by atoms with Gasteiger partial charge in [-0.3, -0.25) is 0 Å². The average Bonchev–Trinajstić information content (AvgIpc) is 2.98. The van der Waals surface area contributed by atoms with Gasteiger partial charge in [0.05, 0.1) is 51.3 Å². The lowest BCUT2D eigenvalue weighted by atomic mass is 9.93. The van der Waals surface area contributed by atoms with E-state index in [9.17, 15) is 0 Å². The van der Waals surface area contributed by atoms with Crippen LogP contribution in [0.5, 0.6) is 34.5 Å². The van der Waals surface area contributed by atoms with Crippen molar-refractivity contribution in [3.05, 3.63) is 102 Å². The second-order valence-corrected chi connectivity index (χ2v) is 9.01. The zero-order valence-corrected chi connectivity index (χ0v) is 22.1. The summed E-state index contributed by atoms with van der Waals surface area (Å²) in [6.07, 6.45) is 6.27. The van der Waals surface area contributed by atoms with Crippen molar-refractivity contribution >= 4 is 33.6 Å². The van der Waals surface area contributed by atoms with Crippen molar-refractivity contribution in [2.24, 2.45) is 0 Å². The quantitative estimate of drug-likeness (QED) is 0.163. The van der Waals surface area contributed by atoms with Gasteiger partial charge in [0.1, 0.15) is 34.5 Å². The van der Waals surface area contributed by atoms with Gasteiger partial charge in [0.15, 0.2) is 0 Å². The average molecular weight is 520 g/mol. The van der Waals surface area contributed by atoms with Crippen LogP contribution >= 0.6 is 0 Å². The minimum Gasteiger partial charge on any atom is -0.497 e. The molecule has 194 valence electrons. The van der Waals surface area contributed by atoms with Crippen LogP contribution in [0.3, 0.4) is 0 Å². The number of allylic oxidation sites excluding steroid dienone is 2. The standard InChI is InChI=1S/C33H27O6/c1-34-20-8-12-26-24(27-13-9-21(35-2)17-31(27)38-30(26)16-20)6-5-7-25-28-14-10-22(36-3)18-32(28)39-33-19-23(37-4)11-15-29(25)33/h5-19H,1-4H3/q+1. The molecule has 0 amide bonds. The van der Waals surface area contributed by atoms with E-state index in [-0.39, 0.29) is 0 Å². The number of methoxy groups -OCH3 is 4. The molecule has 0 saturated heterocycles. The molecule has 0 atom stereocenters. The van der Waals surface area contributed by atoms with E-state index in [1.54, 1.807) is 28.4 Å². The highest BCUT2D eigenvalue weighted by atomic mass is 16.5. The van der Waals surface area contributed by atoms with Gasteiger partial charge >= 0.3 is 11.2 Å². The zero-order chi connectivity index (χ0) is 26.9. The van der Waals surface area contributed by atoms with E-state index in [1.165, 1.54) is 0 Å². The maximum atomic E-state index is 6.26. The summed E-state index contributed by atoms with van der Waals surface area (Å²) in [6, 6.07) is 23.4. The van der Waals surface area contributed by atoms with Crippen LogP contribution in [0.25, 0.3) is 33.6 Å². The largest absolute Gasteiger partial charge is 0.497 e. The third kappa shape index (κ3) is 4.40. The monoisotopic (exact) mass is 519 g/mol. The van der Waals surface area contributed by atoms with Crippen LogP contribution in [0.1, 0.15) is 16.7 Å². The molecule has 0 saturated carbocycles. The van der Waals surface area contributed by atoms with E-state index in [1.807, 2.05) is 72.8 Å². The molecule has 4 aromatic carbocycles. The summed E-state index contributed by atoms with van der Waals surface area (Å²) in [5.41, 5.74) is 5.47. The van der Waals surface area contributed by atoms with E-state index >= 15 is 0 Å². The summed E-state index contributed by atoms with van der Waals surface area (Å²) in [5, 5.41) is 1.95. The number of rotatable bonds is 6. The summed E-state index contributed by atoms with van der Waals surface area (Å²) in [7, 11) is 6.58. The summed E-state index contributed by atoms with van der Waals surface area (Å²) in [6.45, 7) is 0. The molecular weight excluding hydrogens is 492 g/mol. The summed E-state index contributed by atoms with van der Waals surface area (Å²) in [5.74, 6) is 4.36. The molecule has 0 unspecified atom stereocenters. The fourth-order valence-corrected chi connectivity index (χ4v) is 4.87. The molecular formula is C33H27O6+. The second kappa shape index (κ2) is 10.1. The van der Waals surface area contributed by atoms with Gasteiger partial charge in [-0.05, 0) is 54.1 Å². The van der Waals surface area contributed by atoms with Crippen LogP contribution in [0.4, 0.5) is 0 Å². The number of benzene rings is 4. The first-order chi connectivity index (χ1) is 19.1. The topological polar surface area (TPSA) is 57.5 Å². The van der Waals surface area contributed by atoms with Crippen LogP contribution in [-0.4, -0.2) is 28.4 Å². The Balaban J connectivity index is 1.52. The van der Waals surface area contributed by atoms with Crippen molar-refractivity contribution < 1.29 is 28.1 Å². The molecule has 0 N–H and O–H groups in total. The summed E-state index contributed by atoms with van der Waals surface area (Å²) >= 11 is 0. The molecule has 6 rings (SSSR count). The van der Waals surface area contributed by atoms with Gasteiger partial charge in [-0.15, -0.1) is 0 Å². The van der Waals surface area contributed by atoms with Crippen molar-refractivity contribution in [2.75, 3.05) is 28.4 Å². The highest BCUT2D eigenvalue weighted by Gasteiger charge is 2.23. The third-order valence-electron chi connectivity index (χ3n) is 6.88. The van der Waals surface area contributed by atoms with E-state index in [2.05, 4.69) is 18.2 Å². The first-order valence-electron chi connectivity index (χ1n) is 12.5. The van der Waals surface area contributed by atoms with Crippen LogP contribution < -0.4 is 23.7 Å². The normalized spacial score (nSPS) is 12.2. The Labute approximate surface area is 226 Å². The summed E-state index contributed by atoms with van der Waals surface area (Å²) < 4.78 is 34.3. The number of ether oxygens (including phenoxy) is 5. The first kappa shape index (κ1) is 24.4. The van der Waals surface area contributed by atoms with E-state index < -0.39 is 0 Å². The van der Waals surface area contributed by atoms with Gasteiger partial charge in [0, 0.05) is 28.8 Å².